The van der Waals surface area contributed by atoms with Crippen LogP contribution in [0.4, 0.5) is 0 Å². The van der Waals surface area contributed by atoms with E-state index in [2.05, 4.69) is 10.3 Å². The van der Waals surface area contributed by atoms with Crippen LogP contribution in [0.25, 0.3) is 0 Å². The van der Waals surface area contributed by atoms with Crippen molar-refractivity contribution in [2.75, 3.05) is 0 Å². The fourth-order valence-electron chi connectivity index (χ4n) is 1.73. The van der Waals surface area contributed by atoms with E-state index in [1.54, 1.807) is 25.1 Å². The number of H-pyrrole nitrogens is 1. The Kier molecular flexibility index (Phi) is 4.47. The number of aromatic amines is 1. The Balaban J connectivity index is 2.17. The summed E-state index contributed by atoms with van der Waals surface area (Å²) in [6, 6.07) is 6.13. The van der Waals surface area contributed by atoms with Gasteiger partial charge in [0.05, 0.1) is 16.1 Å². The minimum atomic E-state index is -0.439. The lowest BCUT2D eigenvalue weighted by Gasteiger charge is -2.14. The highest BCUT2D eigenvalue weighted by Gasteiger charge is 2.14. The van der Waals surface area contributed by atoms with Gasteiger partial charge in [-0.05, 0) is 24.6 Å². The topological polar surface area (TPSA) is 62.0 Å². The number of hydrogen-bond acceptors (Lipinski definition) is 2. The highest BCUT2D eigenvalue weighted by molar-refractivity contribution is 6.42. The number of rotatable bonds is 3. The molecule has 0 spiro atoms. The molecule has 0 saturated carbocycles. The normalized spacial score (nSPS) is 11.9. The van der Waals surface area contributed by atoms with Gasteiger partial charge < -0.3 is 10.3 Å². The average Bonchev–Trinajstić information content (AvgIpc) is 2.42. The second-order valence-electron chi connectivity index (χ2n) is 4.29. The van der Waals surface area contributed by atoms with E-state index in [4.69, 9.17) is 23.2 Å². The maximum atomic E-state index is 12.0. The van der Waals surface area contributed by atoms with E-state index in [-0.39, 0.29) is 17.0 Å². The Morgan fingerprint density at radius 1 is 1.25 bits per heavy atom. The van der Waals surface area contributed by atoms with Gasteiger partial charge in [0.2, 0.25) is 0 Å². The zero-order valence-electron chi connectivity index (χ0n) is 10.6. The van der Waals surface area contributed by atoms with Gasteiger partial charge in [0, 0.05) is 18.5 Å². The number of amides is 1. The van der Waals surface area contributed by atoms with Crippen LogP contribution in [0.1, 0.15) is 28.9 Å². The molecule has 0 radical (unpaired) electrons. The predicted octanol–water partition coefficient (Wildman–Crippen LogP) is 3.17. The fourth-order valence-corrected chi connectivity index (χ4v) is 2.04. The van der Waals surface area contributed by atoms with E-state index < -0.39 is 5.91 Å². The first-order chi connectivity index (χ1) is 9.49. The maximum absolute atomic E-state index is 12.0. The molecule has 0 saturated heterocycles. The summed E-state index contributed by atoms with van der Waals surface area (Å²) >= 11 is 11.8. The van der Waals surface area contributed by atoms with Crippen LogP contribution in [-0.4, -0.2) is 10.9 Å². The summed E-state index contributed by atoms with van der Waals surface area (Å²) in [4.78, 5) is 26.3. The molecule has 1 unspecified atom stereocenters. The number of hydrogen-bond donors (Lipinski definition) is 2. The van der Waals surface area contributed by atoms with Crippen molar-refractivity contribution in [3.05, 3.63) is 68.1 Å². The molecule has 4 nitrogen and oxygen atoms in total. The van der Waals surface area contributed by atoms with Crippen molar-refractivity contribution in [2.24, 2.45) is 0 Å². The van der Waals surface area contributed by atoms with E-state index in [0.717, 1.165) is 5.56 Å². The minimum absolute atomic E-state index is 0.0689. The number of nitrogens with one attached hydrogen (secondary N) is 2. The summed E-state index contributed by atoms with van der Waals surface area (Å²) in [5.41, 5.74) is 0.544. The highest BCUT2D eigenvalue weighted by atomic mass is 35.5. The number of carbonyl (C=O) groups is 1. The first-order valence-corrected chi connectivity index (χ1v) is 6.67. The van der Waals surface area contributed by atoms with Gasteiger partial charge in [0.15, 0.2) is 5.43 Å². The molecule has 1 aromatic heterocycles. The van der Waals surface area contributed by atoms with Crippen LogP contribution >= 0.6 is 23.2 Å². The van der Waals surface area contributed by atoms with Crippen LogP contribution in [0.15, 0.2) is 41.5 Å². The summed E-state index contributed by atoms with van der Waals surface area (Å²) < 4.78 is 0. The monoisotopic (exact) mass is 310 g/mol. The van der Waals surface area contributed by atoms with Gasteiger partial charge >= 0.3 is 0 Å². The third-order valence-electron chi connectivity index (χ3n) is 2.86. The van der Waals surface area contributed by atoms with Crippen molar-refractivity contribution in [1.29, 1.82) is 0 Å². The molecule has 1 heterocycles. The molecule has 2 N–H and O–H groups in total. The Labute approximate surface area is 125 Å². The van der Waals surface area contributed by atoms with E-state index in [1.807, 2.05) is 0 Å². The van der Waals surface area contributed by atoms with Crippen molar-refractivity contribution < 1.29 is 4.79 Å². The third kappa shape index (κ3) is 3.21. The van der Waals surface area contributed by atoms with E-state index in [9.17, 15) is 9.59 Å². The van der Waals surface area contributed by atoms with Gasteiger partial charge in [-0.25, -0.2) is 0 Å². The van der Waals surface area contributed by atoms with E-state index >= 15 is 0 Å². The lowest BCUT2D eigenvalue weighted by atomic mass is 10.1. The molecule has 0 bridgehead atoms. The summed E-state index contributed by atoms with van der Waals surface area (Å²) in [6.45, 7) is 1.80. The molecule has 0 aliphatic carbocycles. The smallest absolute Gasteiger partial charge is 0.257 e. The Hall–Kier alpha value is -1.78. The molecule has 1 aromatic carbocycles. The molecule has 1 amide bonds. The van der Waals surface area contributed by atoms with Crippen LogP contribution in [0.2, 0.25) is 10.0 Å². The first kappa shape index (κ1) is 14.6. The number of halogens is 2. The quantitative estimate of drug-likeness (QED) is 0.914. The molecule has 6 heteroatoms. The molecule has 2 aromatic rings. The van der Waals surface area contributed by atoms with Gasteiger partial charge in [0.25, 0.3) is 5.91 Å². The first-order valence-electron chi connectivity index (χ1n) is 5.92. The summed E-state index contributed by atoms with van der Waals surface area (Å²) in [5, 5.41) is 3.61. The van der Waals surface area contributed by atoms with E-state index in [1.165, 1.54) is 18.5 Å². The zero-order valence-corrected chi connectivity index (χ0v) is 12.1. The van der Waals surface area contributed by atoms with E-state index in [0.29, 0.717) is 10.0 Å². The molecule has 2 rings (SSSR count). The minimum Gasteiger partial charge on any atom is -0.367 e. The predicted molar refractivity (Wildman–Crippen MR) is 79.4 cm³/mol. The largest absolute Gasteiger partial charge is 0.367 e. The lowest BCUT2D eigenvalue weighted by Crippen LogP contribution is -2.30. The summed E-state index contributed by atoms with van der Waals surface area (Å²) in [5.74, 6) is -0.439. The average molecular weight is 311 g/mol. The van der Waals surface area contributed by atoms with Crippen molar-refractivity contribution in [3.63, 3.8) is 0 Å². The number of carbonyl (C=O) groups excluding carboxylic acids is 1. The molecule has 20 heavy (non-hydrogen) atoms. The van der Waals surface area contributed by atoms with Crippen LogP contribution in [-0.2, 0) is 0 Å². The second-order valence-corrected chi connectivity index (χ2v) is 5.11. The number of benzene rings is 1. The summed E-state index contributed by atoms with van der Waals surface area (Å²) in [6.07, 6.45) is 2.85. The standard InChI is InChI=1S/C14H12Cl2N2O2/c1-8(9-2-3-11(15)12(16)6-9)18-14(20)10-7-17-5-4-13(10)19/h2-8H,1H3,(H,17,19)(H,18,20). The van der Waals surface area contributed by atoms with Crippen LogP contribution in [0, 0.1) is 0 Å². The zero-order chi connectivity index (χ0) is 14.7. The molecule has 1 atom stereocenters. The molecular weight excluding hydrogens is 299 g/mol. The van der Waals surface area contributed by atoms with Crippen LogP contribution in [0.5, 0.6) is 0 Å². The third-order valence-corrected chi connectivity index (χ3v) is 3.60. The van der Waals surface area contributed by atoms with Crippen molar-refractivity contribution >= 4 is 29.1 Å². The van der Waals surface area contributed by atoms with Crippen molar-refractivity contribution in [3.8, 4) is 0 Å². The second kappa shape index (κ2) is 6.11. The van der Waals surface area contributed by atoms with Crippen molar-refractivity contribution in [1.82, 2.24) is 10.3 Å². The van der Waals surface area contributed by atoms with Crippen LogP contribution in [0.3, 0.4) is 0 Å². The Bertz CT molecular complexity index is 698. The molecular formula is C14H12Cl2N2O2. The SMILES string of the molecule is CC(NC(=O)c1c[nH]ccc1=O)c1ccc(Cl)c(Cl)c1. The molecule has 104 valence electrons. The number of aromatic nitrogens is 1. The molecule has 0 fully saturated rings. The number of pyridine rings is 1. The lowest BCUT2D eigenvalue weighted by molar-refractivity contribution is 0.0938. The van der Waals surface area contributed by atoms with Gasteiger partial charge in [0.1, 0.15) is 5.56 Å². The van der Waals surface area contributed by atoms with Gasteiger partial charge in [-0.3, -0.25) is 9.59 Å². The van der Waals surface area contributed by atoms with Crippen LogP contribution < -0.4 is 10.7 Å². The summed E-state index contributed by atoms with van der Waals surface area (Å²) in [7, 11) is 0. The molecule has 0 aliphatic heterocycles. The van der Waals surface area contributed by atoms with Gasteiger partial charge in [-0.15, -0.1) is 0 Å². The van der Waals surface area contributed by atoms with Gasteiger partial charge in [-0.1, -0.05) is 29.3 Å². The van der Waals surface area contributed by atoms with Gasteiger partial charge in [-0.2, -0.15) is 0 Å². The molecule has 0 aliphatic rings. The Morgan fingerprint density at radius 2 is 2.00 bits per heavy atom. The maximum Gasteiger partial charge on any atom is 0.257 e. The Morgan fingerprint density at radius 3 is 2.65 bits per heavy atom. The highest BCUT2D eigenvalue weighted by Crippen LogP contribution is 2.25. The van der Waals surface area contributed by atoms with Crippen molar-refractivity contribution in [2.45, 2.75) is 13.0 Å². The fraction of sp³-hybridized carbons (Fsp3) is 0.143.